The normalized spacial score (nSPS) is 12.5. The first-order valence-electron chi connectivity index (χ1n) is 10.9. The van der Waals surface area contributed by atoms with Crippen molar-refractivity contribution in [3.63, 3.8) is 0 Å². The van der Waals surface area contributed by atoms with Crippen molar-refractivity contribution in [2.24, 2.45) is 5.41 Å². The molecular weight excluding hydrogens is 342 g/mol. The summed E-state index contributed by atoms with van der Waals surface area (Å²) in [5.74, 6) is -0.357. The highest BCUT2D eigenvalue weighted by molar-refractivity contribution is 5.81. The van der Waals surface area contributed by atoms with Crippen molar-refractivity contribution in [1.82, 2.24) is 5.32 Å². The average Bonchev–Trinajstić information content (AvgIpc) is 2.60. The Morgan fingerprint density at radius 2 is 1.37 bits per heavy atom. The number of unbranched alkanes of at least 4 members (excludes halogenated alkanes) is 8. The third-order valence-electron chi connectivity index (χ3n) is 4.28. The van der Waals surface area contributed by atoms with Crippen molar-refractivity contribution in [3.05, 3.63) is 0 Å². The summed E-state index contributed by atoms with van der Waals surface area (Å²) in [7, 11) is 0. The van der Waals surface area contributed by atoms with Crippen molar-refractivity contribution >= 4 is 12.1 Å². The maximum absolute atomic E-state index is 12.2. The molecule has 0 aromatic rings. The van der Waals surface area contributed by atoms with Gasteiger partial charge in [0, 0.05) is 0 Å². The Hall–Kier alpha value is -1.26. The molecular formula is C22H43NO4. The van der Waals surface area contributed by atoms with Crippen LogP contribution in [-0.4, -0.2) is 31.3 Å². The minimum absolute atomic E-state index is 0.103. The molecule has 0 rings (SSSR count). The summed E-state index contributed by atoms with van der Waals surface area (Å²) >= 11 is 0. The van der Waals surface area contributed by atoms with E-state index >= 15 is 0 Å². The lowest BCUT2D eigenvalue weighted by Gasteiger charge is -2.20. The third-order valence-corrected chi connectivity index (χ3v) is 4.28. The molecule has 0 spiro atoms. The van der Waals surface area contributed by atoms with Crippen LogP contribution in [0, 0.1) is 5.41 Å². The highest BCUT2D eigenvalue weighted by Gasteiger charge is 2.23. The van der Waals surface area contributed by atoms with Crippen molar-refractivity contribution in [2.45, 2.75) is 111 Å². The van der Waals surface area contributed by atoms with Gasteiger partial charge < -0.3 is 14.8 Å². The zero-order valence-corrected chi connectivity index (χ0v) is 18.4. The molecule has 160 valence electrons. The molecule has 1 unspecified atom stereocenters. The van der Waals surface area contributed by atoms with Gasteiger partial charge in [-0.3, -0.25) is 0 Å². The van der Waals surface area contributed by atoms with E-state index < -0.39 is 12.1 Å². The Bertz CT molecular complexity index is 390. The van der Waals surface area contributed by atoms with Gasteiger partial charge in [0.25, 0.3) is 0 Å². The van der Waals surface area contributed by atoms with E-state index in [0.717, 1.165) is 19.3 Å². The van der Waals surface area contributed by atoms with Crippen LogP contribution in [-0.2, 0) is 14.3 Å². The number of esters is 1. The molecule has 27 heavy (non-hydrogen) atoms. The van der Waals surface area contributed by atoms with E-state index in [1.807, 2.05) is 27.7 Å². The fourth-order valence-electron chi connectivity index (χ4n) is 2.69. The molecule has 5 heteroatoms. The Morgan fingerprint density at radius 1 is 0.815 bits per heavy atom. The van der Waals surface area contributed by atoms with Crippen LogP contribution >= 0.6 is 0 Å². The van der Waals surface area contributed by atoms with Gasteiger partial charge >= 0.3 is 12.1 Å². The number of hydrogen-bond acceptors (Lipinski definition) is 4. The standard InChI is InChI=1S/C22H43NO4/c1-6-8-9-10-11-12-13-14-15-17-26-20(24)19(16-7-2)23-21(25)27-18-22(3,4)5/h19H,6-18H2,1-5H3,(H,23,25). The molecule has 0 bridgehead atoms. The van der Waals surface area contributed by atoms with Gasteiger partial charge in [0.2, 0.25) is 0 Å². The van der Waals surface area contributed by atoms with Crippen LogP contribution < -0.4 is 5.32 Å². The predicted molar refractivity (Wildman–Crippen MR) is 111 cm³/mol. The number of hydrogen-bond donors (Lipinski definition) is 1. The molecule has 0 saturated heterocycles. The lowest BCUT2D eigenvalue weighted by molar-refractivity contribution is -0.146. The van der Waals surface area contributed by atoms with Crippen molar-refractivity contribution in [1.29, 1.82) is 0 Å². The number of carbonyl (C=O) groups excluding carboxylic acids is 2. The van der Waals surface area contributed by atoms with Crippen LogP contribution in [0.3, 0.4) is 0 Å². The second-order valence-corrected chi connectivity index (χ2v) is 8.62. The number of nitrogens with one attached hydrogen (secondary N) is 1. The van der Waals surface area contributed by atoms with Gasteiger partial charge in [0.15, 0.2) is 0 Å². The predicted octanol–water partition coefficient (Wildman–Crippen LogP) is 6.00. The highest BCUT2D eigenvalue weighted by Crippen LogP contribution is 2.13. The first-order chi connectivity index (χ1) is 12.8. The fraction of sp³-hybridized carbons (Fsp3) is 0.909. The molecule has 0 saturated carbocycles. The van der Waals surface area contributed by atoms with Crippen molar-refractivity contribution in [3.8, 4) is 0 Å². The molecule has 1 amide bonds. The first kappa shape index (κ1) is 25.7. The first-order valence-corrected chi connectivity index (χ1v) is 10.9. The van der Waals surface area contributed by atoms with Gasteiger partial charge in [0.1, 0.15) is 6.04 Å². The lowest BCUT2D eigenvalue weighted by atomic mass is 9.99. The third kappa shape index (κ3) is 16.6. The monoisotopic (exact) mass is 385 g/mol. The molecule has 0 aliphatic rings. The minimum atomic E-state index is -0.624. The molecule has 0 fully saturated rings. The van der Waals surface area contributed by atoms with Crippen molar-refractivity contribution < 1.29 is 19.1 Å². The van der Waals surface area contributed by atoms with E-state index in [2.05, 4.69) is 12.2 Å². The topological polar surface area (TPSA) is 64.6 Å². The highest BCUT2D eigenvalue weighted by atomic mass is 16.6. The van der Waals surface area contributed by atoms with E-state index in [4.69, 9.17) is 9.47 Å². The summed E-state index contributed by atoms with van der Waals surface area (Å²) in [6, 6.07) is -0.624. The molecule has 5 nitrogen and oxygen atoms in total. The number of ether oxygens (including phenoxy) is 2. The summed E-state index contributed by atoms with van der Waals surface area (Å²) in [5, 5.41) is 2.64. The maximum atomic E-state index is 12.2. The van der Waals surface area contributed by atoms with Crippen LogP contribution in [0.2, 0.25) is 0 Å². The van der Waals surface area contributed by atoms with Crippen LogP contribution in [0.5, 0.6) is 0 Å². The summed E-state index contributed by atoms with van der Waals surface area (Å²) in [6.45, 7) is 10.9. The number of amides is 1. The Labute approximate surface area is 167 Å². The van der Waals surface area contributed by atoms with Gasteiger partial charge in [0.05, 0.1) is 13.2 Å². The molecule has 0 heterocycles. The van der Waals surface area contributed by atoms with E-state index in [-0.39, 0.29) is 11.4 Å². The average molecular weight is 386 g/mol. The maximum Gasteiger partial charge on any atom is 0.407 e. The largest absolute Gasteiger partial charge is 0.464 e. The van der Waals surface area contributed by atoms with Crippen molar-refractivity contribution in [2.75, 3.05) is 13.2 Å². The summed E-state index contributed by atoms with van der Waals surface area (Å²) in [6.07, 6.45) is 11.8. The van der Waals surface area contributed by atoms with E-state index in [0.29, 0.717) is 19.6 Å². The molecule has 1 N–H and O–H groups in total. The van der Waals surface area contributed by atoms with Crippen LogP contribution in [0.15, 0.2) is 0 Å². The quantitative estimate of drug-likeness (QED) is 0.277. The van der Waals surface area contributed by atoms with Crippen LogP contribution in [0.4, 0.5) is 4.79 Å². The van der Waals surface area contributed by atoms with Gasteiger partial charge in [-0.1, -0.05) is 92.4 Å². The Morgan fingerprint density at radius 3 is 1.89 bits per heavy atom. The minimum Gasteiger partial charge on any atom is -0.464 e. The second kappa shape index (κ2) is 15.8. The SMILES string of the molecule is CCCCCCCCCCCOC(=O)C(CCC)NC(=O)OCC(C)(C)C. The second-order valence-electron chi connectivity index (χ2n) is 8.62. The van der Waals surface area contributed by atoms with Gasteiger partial charge in [-0.05, 0) is 18.3 Å². The Balaban J connectivity index is 3.90. The van der Waals surface area contributed by atoms with Gasteiger partial charge in [-0.25, -0.2) is 9.59 Å². The summed E-state index contributed by atoms with van der Waals surface area (Å²) < 4.78 is 10.5. The lowest BCUT2D eigenvalue weighted by Crippen LogP contribution is -2.42. The number of rotatable bonds is 15. The smallest absolute Gasteiger partial charge is 0.407 e. The van der Waals surface area contributed by atoms with Gasteiger partial charge in [-0.2, -0.15) is 0 Å². The van der Waals surface area contributed by atoms with Crippen LogP contribution in [0.1, 0.15) is 105 Å². The summed E-state index contributed by atoms with van der Waals surface area (Å²) in [5.41, 5.74) is -0.103. The molecule has 1 atom stereocenters. The Kier molecular flexibility index (Phi) is 15.0. The molecule has 0 aliphatic carbocycles. The molecule has 0 radical (unpaired) electrons. The van der Waals surface area contributed by atoms with E-state index in [1.165, 1.54) is 44.9 Å². The van der Waals surface area contributed by atoms with E-state index in [9.17, 15) is 9.59 Å². The fourth-order valence-corrected chi connectivity index (χ4v) is 2.69. The molecule has 0 aliphatic heterocycles. The zero-order chi connectivity index (χ0) is 20.5. The number of carbonyl (C=O) groups is 2. The van der Waals surface area contributed by atoms with E-state index in [1.54, 1.807) is 0 Å². The number of alkyl carbamates (subject to hydrolysis) is 1. The van der Waals surface area contributed by atoms with Gasteiger partial charge in [-0.15, -0.1) is 0 Å². The molecule has 0 aromatic carbocycles. The molecule has 0 aromatic heterocycles. The summed E-state index contributed by atoms with van der Waals surface area (Å²) in [4.78, 5) is 24.1. The van der Waals surface area contributed by atoms with Crippen LogP contribution in [0.25, 0.3) is 0 Å². The zero-order valence-electron chi connectivity index (χ0n) is 18.4.